The first-order valence-electron chi connectivity index (χ1n) is 5.52. The Hall–Kier alpha value is -0.720. The molecule has 2 aromatic carbocycles. The second-order valence-electron chi connectivity index (χ2n) is 3.96. The minimum atomic E-state index is -0.329. The van der Waals surface area contributed by atoms with E-state index in [1.165, 1.54) is 6.07 Å². The van der Waals surface area contributed by atoms with Gasteiger partial charge in [0.2, 0.25) is 0 Å². The van der Waals surface area contributed by atoms with Crippen molar-refractivity contribution in [1.29, 1.82) is 0 Å². The van der Waals surface area contributed by atoms with E-state index in [-0.39, 0.29) is 12.4 Å². The van der Waals surface area contributed by atoms with E-state index in [2.05, 4.69) is 47.8 Å². The van der Waals surface area contributed by atoms with E-state index < -0.39 is 0 Å². The van der Waals surface area contributed by atoms with Crippen molar-refractivity contribution in [3.8, 4) is 5.75 Å². The van der Waals surface area contributed by atoms with Crippen LogP contribution in [0.5, 0.6) is 5.75 Å². The molecule has 0 bridgehead atoms. The molecule has 2 aromatic rings. The molecule has 0 aliphatic rings. The van der Waals surface area contributed by atoms with Gasteiger partial charge in [0.25, 0.3) is 0 Å². The molecule has 0 spiro atoms. The van der Waals surface area contributed by atoms with Crippen LogP contribution < -0.4 is 4.74 Å². The van der Waals surface area contributed by atoms with Crippen molar-refractivity contribution in [3.05, 3.63) is 60.7 Å². The fourth-order valence-corrected chi connectivity index (χ4v) is 3.45. The van der Waals surface area contributed by atoms with Gasteiger partial charge in [-0.2, -0.15) is 0 Å². The molecular weight excluding hydrogens is 459 g/mol. The Bertz CT molecular complexity index is 636. The molecule has 0 radical (unpaired) electrons. The SMILES string of the molecule is O=Cc1cc(Br)c(OCc2cc(Br)ccc2F)c(Br)c1. The Kier molecular flexibility index (Phi) is 5.35. The number of carbonyl (C=O) groups is 1. The Morgan fingerprint density at radius 3 is 2.35 bits per heavy atom. The zero-order valence-electron chi connectivity index (χ0n) is 10.00. The third kappa shape index (κ3) is 3.68. The molecule has 0 fully saturated rings. The lowest BCUT2D eigenvalue weighted by molar-refractivity contribution is 0.112. The first-order valence-corrected chi connectivity index (χ1v) is 7.90. The Balaban J connectivity index is 2.23. The molecule has 0 amide bonds. The normalized spacial score (nSPS) is 10.4. The summed E-state index contributed by atoms with van der Waals surface area (Å²) in [6.07, 6.45) is 0.743. The van der Waals surface area contributed by atoms with Crippen LogP contribution in [-0.4, -0.2) is 6.29 Å². The van der Waals surface area contributed by atoms with Gasteiger partial charge in [0.05, 0.1) is 8.95 Å². The van der Waals surface area contributed by atoms with Gasteiger partial charge in [-0.1, -0.05) is 15.9 Å². The molecule has 0 aromatic heterocycles. The second-order valence-corrected chi connectivity index (χ2v) is 6.58. The van der Waals surface area contributed by atoms with E-state index in [0.717, 1.165) is 10.8 Å². The summed E-state index contributed by atoms with van der Waals surface area (Å²) in [6, 6.07) is 7.96. The summed E-state index contributed by atoms with van der Waals surface area (Å²) >= 11 is 9.95. The summed E-state index contributed by atoms with van der Waals surface area (Å²) in [5.74, 6) is 0.194. The smallest absolute Gasteiger partial charge is 0.150 e. The van der Waals surface area contributed by atoms with Crippen LogP contribution in [0.4, 0.5) is 4.39 Å². The number of aldehydes is 1. The lowest BCUT2D eigenvalue weighted by atomic mass is 10.2. The average Bonchev–Trinajstić information content (AvgIpc) is 2.41. The van der Waals surface area contributed by atoms with Gasteiger partial charge in [0.1, 0.15) is 24.5 Å². The highest BCUT2D eigenvalue weighted by atomic mass is 79.9. The molecular formula is C14H8Br3FO2. The predicted octanol–water partition coefficient (Wildman–Crippen LogP) is 5.50. The number of hydrogen-bond acceptors (Lipinski definition) is 2. The van der Waals surface area contributed by atoms with Crippen LogP contribution in [0, 0.1) is 5.82 Å². The topological polar surface area (TPSA) is 26.3 Å². The number of carbonyl (C=O) groups excluding carboxylic acids is 1. The number of halogens is 4. The molecule has 0 saturated heterocycles. The van der Waals surface area contributed by atoms with Gasteiger partial charge in [0.15, 0.2) is 0 Å². The van der Waals surface area contributed by atoms with Crippen molar-refractivity contribution >= 4 is 54.1 Å². The molecule has 0 N–H and O–H groups in total. The number of benzene rings is 2. The summed E-state index contributed by atoms with van der Waals surface area (Å²) in [5.41, 5.74) is 0.961. The molecule has 20 heavy (non-hydrogen) atoms. The van der Waals surface area contributed by atoms with Crippen molar-refractivity contribution in [2.75, 3.05) is 0 Å². The molecule has 0 atom stereocenters. The van der Waals surface area contributed by atoms with Crippen molar-refractivity contribution in [2.24, 2.45) is 0 Å². The first-order chi connectivity index (χ1) is 9.51. The monoisotopic (exact) mass is 464 g/mol. The van der Waals surface area contributed by atoms with Gasteiger partial charge >= 0.3 is 0 Å². The van der Waals surface area contributed by atoms with Crippen molar-refractivity contribution in [2.45, 2.75) is 6.61 Å². The predicted molar refractivity (Wildman–Crippen MR) is 85.7 cm³/mol. The molecule has 0 aliphatic carbocycles. The van der Waals surface area contributed by atoms with Gasteiger partial charge in [-0.15, -0.1) is 0 Å². The van der Waals surface area contributed by atoms with Crippen LogP contribution in [0.15, 0.2) is 43.7 Å². The summed E-state index contributed by atoms with van der Waals surface area (Å²) in [5, 5.41) is 0. The lowest BCUT2D eigenvalue weighted by Crippen LogP contribution is -2.00. The fraction of sp³-hybridized carbons (Fsp3) is 0.0714. The highest BCUT2D eigenvalue weighted by molar-refractivity contribution is 9.11. The number of ether oxygens (including phenoxy) is 1. The highest BCUT2D eigenvalue weighted by Crippen LogP contribution is 2.35. The van der Waals surface area contributed by atoms with E-state index in [1.807, 2.05) is 0 Å². The maximum atomic E-state index is 13.6. The Morgan fingerprint density at radius 2 is 1.75 bits per heavy atom. The third-order valence-electron chi connectivity index (χ3n) is 2.54. The molecule has 2 rings (SSSR count). The van der Waals surface area contributed by atoms with Crippen molar-refractivity contribution in [1.82, 2.24) is 0 Å². The van der Waals surface area contributed by atoms with Crippen LogP contribution in [-0.2, 0) is 6.61 Å². The summed E-state index contributed by atoms with van der Waals surface area (Å²) in [7, 11) is 0. The van der Waals surface area contributed by atoms with E-state index in [4.69, 9.17) is 4.74 Å². The van der Waals surface area contributed by atoms with Crippen LogP contribution in [0.25, 0.3) is 0 Å². The molecule has 0 heterocycles. The third-order valence-corrected chi connectivity index (χ3v) is 4.21. The highest BCUT2D eigenvalue weighted by Gasteiger charge is 2.11. The minimum absolute atomic E-state index is 0.0862. The van der Waals surface area contributed by atoms with Crippen LogP contribution >= 0.6 is 47.8 Å². The Labute approximate surface area is 140 Å². The molecule has 0 aliphatic heterocycles. The largest absolute Gasteiger partial charge is 0.486 e. The maximum Gasteiger partial charge on any atom is 0.150 e. The molecule has 0 saturated carbocycles. The molecule has 104 valence electrons. The van der Waals surface area contributed by atoms with E-state index in [0.29, 0.717) is 25.8 Å². The summed E-state index contributed by atoms with van der Waals surface area (Å²) in [6.45, 7) is 0.0862. The van der Waals surface area contributed by atoms with E-state index in [9.17, 15) is 9.18 Å². The molecule has 6 heteroatoms. The van der Waals surface area contributed by atoms with Crippen LogP contribution in [0.2, 0.25) is 0 Å². The van der Waals surface area contributed by atoms with Gasteiger partial charge in [-0.25, -0.2) is 4.39 Å². The van der Waals surface area contributed by atoms with Crippen molar-refractivity contribution < 1.29 is 13.9 Å². The molecule has 0 unspecified atom stereocenters. The van der Waals surface area contributed by atoms with E-state index >= 15 is 0 Å². The number of hydrogen-bond donors (Lipinski definition) is 0. The first kappa shape index (κ1) is 15.7. The van der Waals surface area contributed by atoms with Gasteiger partial charge in [0, 0.05) is 15.6 Å². The zero-order chi connectivity index (χ0) is 14.7. The maximum absolute atomic E-state index is 13.6. The Morgan fingerprint density at radius 1 is 1.10 bits per heavy atom. The van der Waals surface area contributed by atoms with E-state index in [1.54, 1.807) is 24.3 Å². The summed E-state index contributed by atoms with van der Waals surface area (Å²) in [4.78, 5) is 10.7. The van der Waals surface area contributed by atoms with Gasteiger partial charge < -0.3 is 4.74 Å². The lowest BCUT2D eigenvalue weighted by Gasteiger charge is -2.11. The second kappa shape index (κ2) is 6.83. The molecule has 2 nitrogen and oxygen atoms in total. The average molecular weight is 467 g/mol. The van der Waals surface area contributed by atoms with Gasteiger partial charge in [-0.3, -0.25) is 4.79 Å². The minimum Gasteiger partial charge on any atom is -0.486 e. The quantitative estimate of drug-likeness (QED) is 0.556. The fourth-order valence-electron chi connectivity index (χ4n) is 1.59. The number of rotatable bonds is 4. The zero-order valence-corrected chi connectivity index (χ0v) is 14.8. The van der Waals surface area contributed by atoms with Crippen LogP contribution in [0.3, 0.4) is 0 Å². The summed E-state index contributed by atoms with van der Waals surface area (Å²) < 4.78 is 21.3. The van der Waals surface area contributed by atoms with Crippen molar-refractivity contribution in [3.63, 3.8) is 0 Å². The van der Waals surface area contributed by atoms with Crippen LogP contribution in [0.1, 0.15) is 15.9 Å². The van der Waals surface area contributed by atoms with Gasteiger partial charge in [-0.05, 0) is 62.2 Å². The standard InChI is InChI=1S/C14H8Br3FO2/c15-10-1-2-13(18)9(5-10)7-20-14-11(16)3-8(6-19)4-12(14)17/h1-6H,7H2.